The van der Waals surface area contributed by atoms with Crippen LogP contribution in [0.5, 0.6) is 0 Å². The van der Waals surface area contributed by atoms with Crippen molar-refractivity contribution in [3.8, 4) is 0 Å². The number of sulfone groups is 1. The Morgan fingerprint density at radius 2 is 2.06 bits per heavy atom. The molecule has 0 aromatic rings. The number of carboxylic acids is 1. The highest BCUT2D eigenvalue weighted by Gasteiger charge is 2.32. The molecule has 6 heteroatoms. The standard InChI is InChI=1S/C12H23NO4S/c1-9(2)18(16,17)7-6-13-8-10-4-3-5-11(10)12(14)15/h9-11,13H,3-8H2,1-2H3,(H,14,15). The summed E-state index contributed by atoms with van der Waals surface area (Å²) in [7, 11) is -3.00. The Kier molecular flexibility index (Phi) is 5.59. The first-order valence-electron chi connectivity index (χ1n) is 6.49. The summed E-state index contributed by atoms with van der Waals surface area (Å²) in [6, 6.07) is 0. The quantitative estimate of drug-likeness (QED) is 0.676. The lowest BCUT2D eigenvalue weighted by Crippen LogP contribution is -2.33. The minimum absolute atomic E-state index is 0.120. The number of carbonyl (C=O) groups is 1. The van der Waals surface area contributed by atoms with E-state index in [1.54, 1.807) is 13.8 Å². The van der Waals surface area contributed by atoms with Gasteiger partial charge in [0, 0.05) is 6.54 Å². The summed E-state index contributed by atoms with van der Waals surface area (Å²) in [6.07, 6.45) is 2.61. The number of nitrogens with one attached hydrogen (secondary N) is 1. The van der Waals surface area contributed by atoms with Crippen molar-refractivity contribution in [3.63, 3.8) is 0 Å². The average Bonchev–Trinajstić information content (AvgIpc) is 2.72. The highest BCUT2D eigenvalue weighted by Crippen LogP contribution is 2.31. The predicted octanol–water partition coefficient (Wildman–Crippen LogP) is 0.900. The van der Waals surface area contributed by atoms with Gasteiger partial charge < -0.3 is 10.4 Å². The minimum Gasteiger partial charge on any atom is -0.481 e. The zero-order valence-corrected chi connectivity index (χ0v) is 11.9. The van der Waals surface area contributed by atoms with Gasteiger partial charge in [-0.1, -0.05) is 6.42 Å². The van der Waals surface area contributed by atoms with Gasteiger partial charge in [-0.05, 0) is 39.2 Å². The molecular weight excluding hydrogens is 254 g/mol. The molecule has 1 saturated carbocycles. The predicted molar refractivity (Wildman–Crippen MR) is 70.3 cm³/mol. The van der Waals surface area contributed by atoms with Crippen LogP contribution in [0.25, 0.3) is 0 Å². The van der Waals surface area contributed by atoms with Crippen molar-refractivity contribution in [1.82, 2.24) is 5.32 Å². The van der Waals surface area contributed by atoms with Crippen LogP contribution in [0.1, 0.15) is 33.1 Å². The van der Waals surface area contributed by atoms with Gasteiger partial charge in [0.15, 0.2) is 9.84 Å². The number of rotatable bonds is 7. The van der Waals surface area contributed by atoms with Gasteiger partial charge in [-0.25, -0.2) is 8.42 Å². The van der Waals surface area contributed by atoms with Crippen molar-refractivity contribution >= 4 is 15.8 Å². The molecule has 0 aliphatic heterocycles. The van der Waals surface area contributed by atoms with Gasteiger partial charge in [0.1, 0.15) is 0 Å². The summed E-state index contributed by atoms with van der Waals surface area (Å²) in [4.78, 5) is 11.0. The topological polar surface area (TPSA) is 83.5 Å². The molecule has 0 aromatic heterocycles. The highest BCUT2D eigenvalue weighted by atomic mass is 32.2. The smallest absolute Gasteiger partial charge is 0.306 e. The molecule has 0 amide bonds. The van der Waals surface area contributed by atoms with Crippen molar-refractivity contribution < 1.29 is 18.3 Å². The van der Waals surface area contributed by atoms with E-state index in [0.717, 1.165) is 19.3 Å². The molecular formula is C12H23NO4S. The molecule has 5 nitrogen and oxygen atoms in total. The Bertz CT molecular complexity index is 378. The second-order valence-corrected chi connectivity index (χ2v) is 7.93. The largest absolute Gasteiger partial charge is 0.481 e. The maximum atomic E-state index is 11.6. The summed E-state index contributed by atoms with van der Waals surface area (Å²) in [5, 5.41) is 11.7. The van der Waals surface area contributed by atoms with Gasteiger partial charge in [0.25, 0.3) is 0 Å². The third kappa shape index (κ3) is 4.24. The first-order valence-corrected chi connectivity index (χ1v) is 8.21. The molecule has 106 valence electrons. The molecule has 0 heterocycles. The average molecular weight is 277 g/mol. The zero-order chi connectivity index (χ0) is 13.8. The molecule has 2 unspecified atom stereocenters. The van der Waals surface area contributed by atoms with E-state index in [1.165, 1.54) is 0 Å². The third-order valence-electron chi connectivity index (χ3n) is 3.66. The third-order valence-corrected chi connectivity index (χ3v) is 5.87. The normalized spacial score (nSPS) is 24.6. The molecule has 1 rings (SSSR count). The SMILES string of the molecule is CC(C)S(=O)(=O)CCNCC1CCCC1C(=O)O. The zero-order valence-electron chi connectivity index (χ0n) is 11.1. The molecule has 1 aliphatic carbocycles. The summed E-state index contributed by atoms with van der Waals surface area (Å²) >= 11 is 0. The van der Waals surface area contributed by atoms with Crippen molar-refractivity contribution in [2.24, 2.45) is 11.8 Å². The Labute approximate surface area is 109 Å². The molecule has 0 saturated heterocycles. The van der Waals surface area contributed by atoms with Crippen LogP contribution in [-0.4, -0.2) is 43.6 Å². The van der Waals surface area contributed by atoms with Crippen LogP contribution < -0.4 is 5.32 Å². The van der Waals surface area contributed by atoms with Gasteiger partial charge >= 0.3 is 5.97 Å². The number of hydrogen-bond donors (Lipinski definition) is 2. The van der Waals surface area contributed by atoms with E-state index < -0.39 is 15.8 Å². The number of carboxylic acid groups (broad SMARTS) is 1. The van der Waals surface area contributed by atoms with Crippen LogP contribution in [0.4, 0.5) is 0 Å². The fourth-order valence-corrected chi connectivity index (χ4v) is 3.24. The molecule has 0 radical (unpaired) electrons. The van der Waals surface area contributed by atoms with E-state index in [4.69, 9.17) is 5.11 Å². The van der Waals surface area contributed by atoms with Crippen LogP contribution in [-0.2, 0) is 14.6 Å². The summed E-state index contributed by atoms with van der Waals surface area (Å²) < 4.78 is 23.1. The Hall–Kier alpha value is -0.620. The monoisotopic (exact) mass is 277 g/mol. The Morgan fingerprint density at radius 3 is 2.61 bits per heavy atom. The second-order valence-electron chi connectivity index (χ2n) is 5.26. The summed E-state index contributed by atoms with van der Waals surface area (Å²) in [5.41, 5.74) is 0. The van der Waals surface area contributed by atoms with Crippen LogP contribution in [0, 0.1) is 11.8 Å². The van der Waals surface area contributed by atoms with Crippen LogP contribution >= 0.6 is 0 Å². The first-order chi connectivity index (χ1) is 8.34. The Balaban J connectivity index is 2.28. The van der Waals surface area contributed by atoms with E-state index in [1.807, 2.05) is 0 Å². The van der Waals surface area contributed by atoms with Gasteiger partial charge in [-0.15, -0.1) is 0 Å². The van der Waals surface area contributed by atoms with E-state index in [9.17, 15) is 13.2 Å². The molecule has 1 fully saturated rings. The van der Waals surface area contributed by atoms with E-state index in [2.05, 4.69) is 5.32 Å². The first kappa shape index (κ1) is 15.4. The molecule has 2 N–H and O–H groups in total. The van der Waals surface area contributed by atoms with Crippen molar-refractivity contribution in [3.05, 3.63) is 0 Å². The lowest BCUT2D eigenvalue weighted by atomic mass is 9.96. The van der Waals surface area contributed by atoms with Crippen LogP contribution in [0.2, 0.25) is 0 Å². The molecule has 0 bridgehead atoms. The van der Waals surface area contributed by atoms with E-state index in [0.29, 0.717) is 13.1 Å². The minimum atomic E-state index is -3.00. The van der Waals surface area contributed by atoms with Gasteiger partial charge in [-0.3, -0.25) is 4.79 Å². The summed E-state index contributed by atoms with van der Waals surface area (Å²) in [6.45, 7) is 4.35. The van der Waals surface area contributed by atoms with Crippen LogP contribution in [0.3, 0.4) is 0 Å². The highest BCUT2D eigenvalue weighted by molar-refractivity contribution is 7.92. The number of hydrogen-bond acceptors (Lipinski definition) is 4. The van der Waals surface area contributed by atoms with E-state index in [-0.39, 0.29) is 22.8 Å². The maximum absolute atomic E-state index is 11.6. The maximum Gasteiger partial charge on any atom is 0.306 e. The number of aliphatic carboxylic acids is 1. The van der Waals surface area contributed by atoms with Crippen LogP contribution in [0.15, 0.2) is 0 Å². The van der Waals surface area contributed by atoms with Gasteiger partial charge in [0.2, 0.25) is 0 Å². The lowest BCUT2D eigenvalue weighted by molar-refractivity contribution is -0.142. The molecule has 18 heavy (non-hydrogen) atoms. The fraction of sp³-hybridized carbons (Fsp3) is 0.917. The molecule has 0 spiro atoms. The van der Waals surface area contributed by atoms with Crippen molar-refractivity contribution in [1.29, 1.82) is 0 Å². The van der Waals surface area contributed by atoms with E-state index >= 15 is 0 Å². The fourth-order valence-electron chi connectivity index (χ4n) is 2.34. The van der Waals surface area contributed by atoms with Gasteiger partial charge in [-0.2, -0.15) is 0 Å². The molecule has 1 aliphatic rings. The molecule has 2 atom stereocenters. The summed E-state index contributed by atoms with van der Waals surface area (Å²) in [5.74, 6) is -0.729. The lowest BCUT2D eigenvalue weighted by Gasteiger charge is -2.16. The van der Waals surface area contributed by atoms with Crippen molar-refractivity contribution in [2.75, 3.05) is 18.8 Å². The Morgan fingerprint density at radius 1 is 1.39 bits per heavy atom. The van der Waals surface area contributed by atoms with Gasteiger partial charge in [0.05, 0.1) is 16.9 Å². The molecule has 0 aromatic carbocycles. The van der Waals surface area contributed by atoms with Crippen molar-refractivity contribution in [2.45, 2.75) is 38.4 Å². The second kappa shape index (κ2) is 6.52.